The first kappa shape index (κ1) is 21.0. The van der Waals surface area contributed by atoms with Gasteiger partial charge in [0.15, 0.2) is 11.5 Å². The molecule has 0 bridgehead atoms. The van der Waals surface area contributed by atoms with Gasteiger partial charge in [0, 0.05) is 11.6 Å². The topological polar surface area (TPSA) is 71.3 Å². The molecule has 138 valence electrons. The molecule has 0 radical (unpaired) electrons. The van der Waals surface area contributed by atoms with E-state index in [1.165, 1.54) is 0 Å². The second kappa shape index (κ2) is 10.8. The van der Waals surface area contributed by atoms with Crippen molar-refractivity contribution in [3.05, 3.63) is 54.1 Å². The lowest BCUT2D eigenvalue weighted by atomic mass is 10.0. The van der Waals surface area contributed by atoms with Crippen molar-refractivity contribution in [1.82, 2.24) is 5.32 Å². The van der Waals surface area contributed by atoms with E-state index in [9.17, 15) is 10.1 Å². The van der Waals surface area contributed by atoms with Crippen LogP contribution < -0.4 is 14.8 Å². The fraction of sp³-hybridized carbons (Fsp3) is 0.333. The van der Waals surface area contributed by atoms with Gasteiger partial charge in [-0.25, -0.2) is 0 Å². The second-order valence-corrected chi connectivity index (χ2v) is 5.83. The first-order chi connectivity index (χ1) is 12.5. The SMILES string of the molecule is C=CCOc1c(CC=C)cc(/C=C(/C#N)C(=O)NC(C)C)cc1OCC. The maximum atomic E-state index is 12.1. The number of carbonyl (C=O) groups excluding carboxylic acids is 1. The third-order valence-electron chi connectivity index (χ3n) is 3.26. The number of nitrogens with one attached hydrogen (secondary N) is 1. The van der Waals surface area contributed by atoms with E-state index >= 15 is 0 Å². The van der Waals surface area contributed by atoms with Crippen molar-refractivity contribution >= 4 is 12.0 Å². The van der Waals surface area contributed by atoms with Gasteiger partial charge >= 0.3 is 0 Å². The van der Waals surface area contributed by atoms with Crippen molar-refractivity contribution in [3.8, 4) is 17.6 Å². The van der Waals surface area contributed by atoms with Gasteiger partial charge in [0.2, 0.25) is 0 Å². The zero-order valence-electron chi connectivity index (χ0n) is 15.7. The van der Waals surface area contributed by atoms with Crippen LogP contribution in [0.15, 0.2) is 43.0 Å². The zero-order valence-corrected chi connectivity index (χ0v) is 15.7. The Morgan fingerprint density at radius 3 is 2.58 bits per heavy atom. The lowest BCUT2D eigenvalue weighted by Crippen LogP contribution is -2.30. The highest BCUT2D eigenvalue weighted by molar-refractivity contribution is 6.01. The van der Waals surface area contributed by atoms with Gasteiger partial charge in [-0.1, -0.05) is 18.7 Å². The number of hydrogen-bond donors (Lipinski definition) is 1. The van der Waals surface area contributed by atoms with Crippen LogP contribution in [0.1, 0.15) is 31.9 Å². The summed E-state index contributed by atoms with van der Waals surface area (Å²) in [5, 5.41) is 12.0. The quantitative estimate of drug-likeness (QED) is 0.394. The maximum absolute atomic E-state index is 12.1. The van der Waals surface area contributed by atoms with Gasteiger partial charge in [0.1, 0.15) is 18.2 Å². The first-order valence-corrected chi connectivity index (χ1v) is 8.53. The van der Waals surface area contributed by atoms with E-state index in [0.29, 0.717) is 36.7 Å². The maximum Gasteiger partial charge on any atom is 0.262 e. The molecule has 5 heteroatoms. The van der Waals surface area contributed by atoms with Crippen LogP contribution in [-0.2, 0) is 11.2 Å². The van der Waals surface area contributed by atoms with Crippen LogP contribution in [0.25, 0.3) is 6.08 Å². The first-order valence-electron chi connectivity index (χ1n) is 8.53. The van der Waals surface area contributed by atoms with Crippen LogP contribution in [0.3, 0.4) is 0 Å². The van der Waals surface area contributed by atoms with Crippen LogP contribution in [0.5, 0.6) is 11.5 Å². The van der Waals surface area contributed by atoms with Crippen molar-refractivity contribution in [3.63, 3.8) is 0 Å². The number of nitriles is 1. The smallest absolute Gasteiger partial charge is 0.262 e. The number of rotatable bonds is 10. The van der Waals surface area contributed by atoms with Crippen LogP contribution in [0, 0.1) is 11.3 Å². The van der Waals surface area contributed by atoms with Crippen molar-refractivity contribution < 1.29 is 14.3 Å². The third-order valence-corrected chi connectivity index (χ3v) is 3.26. The molecule has 0 spiro atoms. The Bertz CT molecular complexity index is 728. The van der Waals surface area contributed by atoms with E-state index < -0.39 is 5.91 Å². The van der Waals surface area contributed by atoms with Gasteiger partial charge in [0.05, 0.1) is 6.61 Å². The number of nitrogens with zero attached hydrogens (tertiary/aromatic N) is 1. The fourth-order valence-electron chi connectivity index (χ4n) is 2.30. The van der Waals surface area contributed by atoms with E-state index in [1.54, 1.807) is 24.3 Å². The summed E-state index contributed by atoms with van der Waals surface area (Å²) in [5.74, 6) is 0.771. The normalized spacial score (nSPS) is 10.8. The Hall–Kier alpha value is -3.00. The minimum atomic E-state index is -0.405. The molecule has 0 unspecified atom stereocenters. The molecular formula is C21H26N2O3. The molecule has 0 atom stereocenters. The minimum absolute atomic E-state index is 0.0328. The van der Waals surface area contributed by atoms with Crippen LogP contribution in [-0.4, -0.2) is 25.2 Å². The monoisotopic (exact) mass is 354 g/mol. The highest BCUT2D eigenvalue weighted by Gasteiger charge is 2.15. The molecule has 0 aliphatic rings. The number of hydrogen-bond acceptors (Lipinski definition) is 4. The molecule has 0 aliphatic carbocycles. The van der Waals surface area contributed by atoms with Gasteiger partial charge in [-0.3, -0.25) is 4.79 Å². The Labute approximate surface area is 155 Å². The molecule has 0 aliphatic heterocycles. The summed E-state index contributed by atoms with van der Waals surface area (Å²) >= 11 is 0. The van der Waals surface area contributed by atoms with E-state index in [-0.39, 0.29) is 11.6 Å². The molecule has 0 saturated heterocycles. The standard InChI is InChI=1S/C21H26N2O3/c1-6-9-17-11-16(12-18(14-22)21(24)23-15(4)5)13-19(25-8-3)20(17)26-10-7-2/h6-7,11-13,15H,1-2,8-10H2,3-5H3,(H,23,24)/b18-12-. The molecular weight excluding hydrogens is 328 g/mol. The largest absolute Gasteiger partial charge is 0.490 e. The van der Waals surface area contributed by atoms with E-state index in [2.05, 4.69) is 18.5 Å². The Balaban J connectivity index is 3.40. The van der Waals surface area contributed by atoms with Crippen molar-refractivity contribution in [2.24, 2.45) is 0 Å². The second-order valence-electron chi connectivity index (χ2n) is 5.83. The molecule has 1 amide bonds. The van der Waals surface area contributed by atoms with Gasteiger partial charge < -0.3 is 14.8 Å². The molecule has 0 heterocycles. The average Bonchev–Trinajstić information content (AvgIpc) is 2.58. The molecule has 5 nitrogen and oxygen atoms in total. The van der Waals surface area contributed by atoms with E-state index in [4.69, 9.17) is 9.47 Å². The third kappa shape index (κ3) is 6.14. The van der Waals surface area contributed by atoms with Crippen LogP contribution in [0.4, 0.5) is 0 Å². The summed E-state index contributed by atoms with van der Waals surface area (Å²) in [6.07, 6.45) is 5.53. The van der Waals surface area contributed by atoms with E-state index in [0.717, 1.165) is 5.56 Å². The highest BCUT2D eigenvalue weighted by atomic mass is 16.5. The van der Waals surface area contributed by atoms with Gasteiger partial charge in [-0.05, 0) is 51.0 Å². The number of carbonyl (C=O) groups is 1. The zero-order chi connectivity index (χ0) is 19.5. The Morgan fingerprint density at radius 2 is 2.04 bits per heavy atom. The summed E-state index contributed by atoms with van der Waals surface area (Å²) in [6, 6.07) is 5.52. The van der Waals surface area contributed by atoms with E-state index in [1.807, 2.05) is 32.9 Å². The predicted octanol–water partition coefficient (Wildman–Crippen LogP) is 3.81. The summed E-state index contributed by atoms with van der Waals surface area (Å²) in [4.78, 5) is 12.1. The molecule has 0 saturated carbocycles. The molecule has 1 aromatic rings. The lowest BCUT2D eigenvalue weighted by Gasteiger charge is -2.16. The molecule has 1 N–H and O–H groups in total. The molecule has 1 rings (SSSR count). The Morgan fingerprint density at radius 1 is 1.31 bits per heavy atom. The van der Waals surface area contributed by atoms with Crippen molar-refractivity contribution in [1.29, 1.82) is 5.26 Å². The summed E-state index contributed by atoms with van der Waals surface area (Å²) in [6.45, 7) is 13.8. The van der Waals surface area contributed by atoms with Gasteiger partial charge in [-0.15, -0.1) is 6.58 Å². The fourth-order valence-corrected chi connectivity index (χ4v) is 2.30. The summed E-state index contributed by atoms with van der Waals surface area (Å²) < 4.78 is 11.4. The van der Waals surface area contributed by atoms with Crippen molar-refractivity contribution in [2.75, 3.05) is 13.2 Å². The number of ether oxygens (including phenoxy) is 2. The molecule has 0 aromatic heterocycles. The van der Waals surface area contributed by atoms with Crippen molar-refractivity contribution in [2.45, 2.75) is 33.2 Å². The Kier molecular flexibility index (Phi) is 8.72. The lowest BCUT2D eigenvalue weighted by molar-refractivity contribution is -0.117. The average molecular weight is 354 g/mol. The molecule has 1 aromatic carbocycles. The van der Waals surface area contributed by atoms with Gasteiger partial charge in [-0.2, -0.15) is 5.26 Å². The van der Waals surface area contributed by atoms with Gasteiger partial charge in [0.25, 0.3) is 5.91 Å². The van der Waals surface area contributed by atoms with Crippen LogP contribution in [0.2, 0.25) is 0 Å². The van der Waals surface area contributed by atoms with Crippen LogP contribution >= 0.6 is 0 Å². The molecule has 26 heavy (non-hydrogen) atoms. The summed E-state index contributed by atoms with van der Waals surface area (Å²) in [5.41, 5.74) is 1.58. The highest BCUT2D eigenvalue weighted by Crippen LogP contribution is 2.34. The number of allylic oxidation sites excluding steroid dienone is 1. The number of benzene rings is 1. The minimum Gasteiger partial charge on any atom is -0.490 e. The number of amides is 1. The molecule has 0 fully saturated rings. The predicted molar refractivity (Wildman–Crippen MR) is 104 cm³/mol. The summed E-state index contributed by atoms with van der Waals surface area (Å²) in [7, 11) is 0.